The van der Waals surface area contributed by atoms with Crippen LogP contribution in [0.15, 0.2) is 36.0 Å². The summed E-state index contributed by atoms with van der Waals surface area (Å²) in [6, 6.07) is 9.26. The lowest BCUT2D eigenvalue weighted by Crippen LogP contribution is -2.02. The van der Waals surface area contributed by atoms with Crippen LogP contribution in [0.5, 0.6) is 5.75 Å². The minimum Gasteiger partial charge on any atom is -0.477 e. The number of rotatable bonds is 7. The highest BCUT2D eigenvalue weighted by molar-refractivity contribution is 5.97. The third kappa shape index (κ3) is 4.65. The highest BCUT2D eigenvalue weighted by Gasteiger charge is 2.15. The fourth-order valence-electron chi connectivity index (χ4n) is 2.16. The van der Waals surface area contributed by atoms with Crippen LogP contribution in [-0.2, 0) is 11.3 Å². The number of carboxylic acids is 1. The van der Waals surface area contributed by atoms with Crippen LogP contribution >= 0.6 is 0 Å². The van der Waals surface area contributed by atoms with Crippen molar-refractivity contribution in [3.8, 4) is 29.1 Å². The fourth-order valence-corrected chi connectivity index (χ4v) is 2.16. The molecule has 132 valence electrons. The summed E-state index contributed by atoms with van der Waals surface area (Å²) in [5.74, 6) is -1.49. The van der Waals surface area contributed by atoms with Crippen molar-refractivity contribution in [2.45, 2.75) is 19.6 Å². The summed E-state index contributed by atoms with van der Waals surface area (Å²) in [7, 11) is 0. The van der Waals surface area contributed by atoms with Crippen molar-refractivity contribution in [2.75, 3.05) is 0 Å². The first-order chi connectivity index (χ1) is 12.4. The van der Waals surface area contributed by atoms with Crippen LogP contribution in [0.1, 0.15) is 12.0 Å². The molecule has 1 heterocycles. The second kappa shape index (κ2) is 8.40. The van der Waals surface area contributed by atoms with Gasteiger partial charge in [0.1, 0.15) is 17.4 Å². The number of hydrogen-bond acceptors (Lipinski definition) is 5. The zero-order valence-electron chi connectivity index (χ0n) is 13.3. The molecule has 1 aromatic carbocycles. The number of benzene rings is 1. The summed E-state index contributed by atoms with van der Waals surface area (Å²) >= 11 is 0. The summed E-state index contributed by atoms with van der Waals surface area (Å²) in [6.07, 6.45) is 2.78. The quantitative estimate of drug-likeness (QED) is 0.601. The maximum absolute atomic E-state index is 12.4. The van der Waals surface area contributed by atoms with Gasteiger partial charge in [0.25, 0.3) is 0 Å². The van der Waals surface area contributed by atoms with Crippen LogP contribution in [0.2, 0.25) is 0 Å². The molecule has 0 saturated carbocycles. The minimum absolute atomic E-state index is 0.0854. The number of halogens is 2. The average Bonchev–Trinajstić information content (AvgIpc) is 3.00. The molecule has 0 aliphatic carbocycles. The van der Waals surface area contributed by atoms with Gasteiger partial charge in [0.15, 0.2) is 0 Å². The molecule has 0 atom stereocenters. The third-order valence-electron chi connectivity index (χ3n) is 3.23. The minimum atomic E-state index is -2.99. The molecule has 1 N–H and O–H groups in total. The van der Waals surface area contributed by atoms with Gasteiger partial charge in [0.2, 0.25) is 0 Å². The van der Waals surface area contributed by atoms with Gasteiger partial charge in [-0.25, -0.2) is 4.79 Å². The molecule has 0 radical (unpaired) electrons. The van der Waals surface area contributed by atoms with Gasteiger partial charge in [-0.05, 0) is 18.2 Å². The smallest absolute Gasteiger partial charge is 0.387 e. The number of hydrogen-bond donors (Lipinski definition) is 1. The van der Waals surface area contributed by atoms with E-state index in [0.29, 0.717) is 11.1 Å². The van der Waals surface area contributed by atoms with Crippen LogP contribution in [0, 0.1) is 22.7 Å². The summed E-state index contributed by atoms with van der Waals surface area (Å²) in [6.45, 7) is -2.74. The van der Waals surface area contributed by atoms with Gasteiger partial charge in [-0.1, -0.05) is 12.1 Å². The maximum atomic E-state index is 12.4. The van der Waals surface area contributed by atoms with E-state index < -0.39 is 18.2 Å². The van der Waals surface area contributed by atoms with E-state index in [2.05, 4.69) is 9.84 Å². The Kier molecular flexibility index (Phi) is 6.01. The Morgan fingerprint density at radius 2 is 2.19 bits per heavy atom. The number of aromatic nitrogens is 2. The number of nitrogens with zero attached hydrogens (tertiary/aromatic N) is 4. The molecule has 2 rings (SSSR count). The van der Waals surface area contributed by atoms with Crippen molar-refractivity contribution in [3.63, 3.8) is 0 Å². The van der Waals surface area contributed by atoms with E-state index in [1.165, 1.54) is 29.1 Å². The van der Waals surface area contributed by atoms with E-state index in [-0.39, 0.29) is 24.4 Å². The summed E-state index contributed by atoms with van der Waals surface area (Å²) in [5, 5.41) is 30.9. The van der Waals surface area contributed by atoms with E-state index in [0.717, 1.165) is 6.08 Å². The number of carboxylic acid groups (broad SMARTS) is 1. The van der Waals surface area contributed by atoms with Crippen molar-refractivity contribution in [2.24, 2.45) is 0 Å². The molecule has 0 aliphatic heterocycles. The van der Waals surface area contributed by atoms with Crippen LogP contribution in [0.4, 0.5) is 8.78 Å². The summed E-state index contributed by atoms with van der Waals surface area (Å²) in [4.78, 5) is 11.1. The lowest BCUT2D eigenvalue weighted by molar-refractivity contribution is -0.132. The van der Waals surface area contributed by atoms with Crippen LogP contribution in [-0.4, -0.2) is 27.5 Å². The molecule has 0 spiro atoms. The van der Waals surface area contributed by atoms with Crippen LogP contribution < -0.4 is 4.74 Å². The van der Waals surface area contributed by atoms with E-state index in [4.69, 9.17) is 15.6 Å². The lowest BCUT2D eigenvalue weighted by atomic mass is 10.1. The van der Waals surface area contributed by atoms with Gasteiger partial charge in [-0.15, -0.1) is 0 Å². The van der Waals surface area contributed by atoms with E-state index in [1.807, 2.05) is 6.07 Å². The number of ether oxygens (including phenoxy) is 1. The Hall–Kier alpha value is -3.72. The van der Waals surface area contributed by atoms with Gasteiger partial charge < -0.3 is 9.84 Å². The van der Waals surface area contributed by atoms with E-state index in [1.54, 1.807) is 12.1 Å². The average molecular weight is 358 g/mol. The van der Waals surface area contributed by atoms with E-state index >= 15 is 0 Å². The predicted octanol–water partition coefficient (Wildman–Crippen LogP) is 3.06. The molecule has 0 unspecified atom stereocenters. The molecular weight excluding hydrogens is 346 g/mol. The van der Waals surface area contributed by atoms with Gasteiger partial charge in [-0.3, -0.25) is 4.68 Å². The first-order valence-electron chi connectivity index (χ1n) is 7.29. The zero-order valence-corrected chi connectivity index (χ0v) is 13.3. The van der Waals surface area contributed by atoms with E-state index in [9.17, 15) is 13.6 Å². The highest BCUT2D eigenvalue weighted by Crippen LogP contribution is 2.28. The highest BCUT2D eigenvalue weighted by atomic mass is 19.3. The molecule has 0 aliphatic rings. The summed E-state index contributed by atoms with van der Waals surface area (Å²) < 4.78 is 30.6. The SMILES string of the molecule is N#CCCn1cc(/C=C(\C#N)C(=O)O)c(-c2cccc(OC(F)F)c2)n1. The van der Waals surface area contributed by atoms with Crippen molar-refractivity contribution >= 4 is 12.0 Å². The molecule has 0 saturated heterocycles. The van der Waals surface area contributed by atoms with Crippen molar-refractivity contribution in [3.05, 3.63) is 41.6 Å². The van der Waals surface area contributed by atoms with Gasteiger partial charge in [-0.2, -0.15) is 24.4 Å². The topological polar surface area (TPSA) is 112 Å². The molecule has 0 bridgehead atoms. The van der Waals surface area contributed by atoms with Gasteiger partial charge >= 0.3 is 12.6 Å². The van der Waals surface area contributed by atoms with Crippen molar-refractivity contribution < 1.29 is 23.4 Å². The molecule has 26 heavy (non-hydrogen) atoms. The second-order valence-electron chi connectivity index (χ2n) is 4.99. The molecular formula is C17H12F2N4O3. The second-order valence-corrected chi connectivity index (χ2v) is 4.99. The molecule has 2 aromatic rings. The number of alkyl halides is 2. The normalized spacial score (nSPS) is 11.0. The largest absolute Gasteiger partial charge is 0.477 e. The Morgan fingerprint density at radius 3 is 2.81 bits per heavy atom. The monoisotopic (exact) mass is 358 g/mol. The molecule has 0 fully saturated rings. The predicted molar refractivity (Wildman–Crippen MR) is 85.8 cm³/mol. The molecule has 7 nitrogen and oxygen atoms in total. The molecule has 0 amide bonds. The first kappa shape index (κ1) is 18.6. The number of aliphatic carboxylic acids is 1. The Morgan fingerprint density at radius 1 is 1.42 bits per heavy atom. The van der Waals surface area contributed by atoms with Crippen molar-refractivity contribution in [1.82, 2.24) is 9.78 Å². The molecule has 1 aromatic heterocycles. The zero-order chi connectivity index (χ0) is 19.1. The van der Waals surface area contributed by atoms with Crippen LogP contribution in [0.25, 0.3) is 17.3 Å². The first-order valence-corrected chi connectivity index (χ1v) is 7.29. The number of carbonyl (C=O) groups is 1. The number of nitriles is 2. The van der Waals surface area contributed by atoms with Crippen molar-refractivity contribution in [1.29, 1.82) is 10.5 Å². The Bertz CT molecular complexity index is 923. The van der Waals surface area contributed by atoms with Gasteiger partial charge in [0.05, 0.1) is 24.7 Å². The Labute approximate surface area is 147 Å². The molecule has 9 heteroatoms. The standard InChI is InChI=1S/C17H12F2N4O3/c18-17(19)26-14-4-1-3-11(8-14)15-13(7-12(9-21)16(24)25)10-23(22-15)6-2-5-20/h1,3-4,7-8,10,17H,2,6H2,(H,24,25)/b12-7+. The number of aryl methyl sites for hydroxylation is 1. The summed E-state index contributed by atoms with van der Waals surface area (Å²) in [5.41, 5.74) is 0.464. The third-order valence-corrected chi connectivity index (χ3v) is 3.23. The van der Waals surface area contributed by atoms with Crippen LogP contribution in [0.3, 0.4) is 0 Å². The Balaban J connectivity index is 2.53. The maximum Gasteiger partial charge on any atom is 0.387 e. The lowest BCUT2D eigenvalue weighted by Gasteiger charge is -2.06. The van der Waals surface area contributed by atoms with Gasteiger partial charge in [0, 0.05) is 17.3 Å². The fraction of sp³-hybridized carbons (Fsp3) is 0.176.